The average Bonchev–Trinajstić information content (AvgIpc) is 3.32. The van der Waals surface area contributed by atoms with E-state index in [-0.39, 0.29) is 5.91 Å². The highest BCUT2D eigenvalue weighted by atomic mass is 16.5. The predicted molar refractivity (Wildman–Crippen MR) is 105 cm³/mol. The predicted octanol–water partition coefficient (Wildman–Crippen LogP) is 2.43. The van der Waals surface area contributed by atoms with Crippen LogP contribution in [-0.2, 0) is 18.0 Å². The maximum atomic E-state index is 13.0. The highest BCUT2D eigenvalue weighted by Crippen LogP contribution is 2.34. The molecule has 150 valence electrons. The zero-order valence-corrected chi connectivity index (χ0v) is 16.7. The van der Waals surface area contributed by atoms with E-state index in [1.807, 2.05) is 19.1 Å². The molecule has 0 fully saturated rings. The minimum absolute atomic E-state index is 0.0843. The number of anilines is 1. The molecule has 3 aromatic rings. The van der Waals surface area contributed by atoms with Crippen molar-refractivity contribution in [2.24, 2.45) is 0 Å². The number of hydrogen-bond donors (Lipinski definition) is 0. The number of carbonyl (C=O) groups is 1. The molecule has 1 aliphatic rings. The molecule has 4 heterocycles. The van der Waals surface area contributed by atoms with E-state index in [0.717, 1.165) is 22.5 Å². The molecular weight excluding hydrogens is 374 g/mol. The first-order chi connectivity index (χ1) is 14.0. The van der Waals surface area contributed by atoms with E-state index in [4.69, 9.17) is 19.2 Å². The molecule has 0 radical (unpaired) electrons. The van der Waals surface area contributed by atoms with Crippen LogP contribution in [-0.4, -0.2) is 47.0 Å². The van der Waals surface area contributed by atoms with E-state index in [0.29, 0.717) is 36.2 Å². The molecule has 0 aliphatic carbocycles. The summed E-state index contributed by atoms with van der Waals surface area (Å²) >= 11 is 0. The number of pyridine rings is 2. The fraction of sp³-hybridized carbons (Fsp3) is 0.300. The summed E-state index contributed by atoms with van der Waals surface area (Å²) < 4.78 is 17.2. The molecule has 0 spiro atoms. The van der Waals surface area contributed by atoms with Crippen LogP contribution in [0.2, 0.25) is 0 Å². The Bertz CT molecular complexity index is 1080. The molecule has 0 saturated carbocycles. The average molecular weight is 395 g/mol. The molecule has 1 amide bonds. The monoisotopic (exact) mass is 395 g/mol. The molecule has 0 unspecified atom stereocenters. The Balaban J connectivity index is 1.69. The molecule has 3 aromatic heterocycles. The van der Waals surface area contributed by atoms with Gasteiger partial charge in [0.15, 0.2) is 5.75 Å². The first kappa shape index (κ1) is 18.9. The van der Waals surface area contributed by atoms with Gasteiger partial charge in [0.05, 0.1) is 55.8 Å². The van der Waals surface area contributed by atoms with E-state index >= 15 is 0 Å². The zero-order valence-electron chi connectivity index (χ0n) is 16.7. The summed E-state index contributed by atoms with van der Waals surface area (Å²) in [5, 5.41) is 4.21. The molecule has 9 heteroatoms. The minimum Gasteiger partial charge on any atom is -0.491 e. The third-order valence-electron chi connectivity index (χ3n) is 4.78. The lowest BCUT2D eigenvalue weighted by atomic mass is 10.1. The number of aryl methyl sites for hydroxylation is 1. The van der Waals surface area contributed by atoms with Crippen LogP contribution in [0.15, 0.2) is 30.7 Å². The normalized spacial score (nSPS) is 13.0. The number of methoxy groups -OCH3 is 3. The van der Waals surface area contributed by atoms with Crippen molar-refractivity contribution in [1.29, 1.82) is 0 Å². The molecule has 4 rings (SSSR count). The number of nitrogens with zero attached hydrogens (tertiary/aromatic N) is 5. The van der Waals surface area contributed by atoms with Gasteiger partial charge in [-0.3, -0.25) is 14.7 Å². The van der Waals surface area contributed by atoms with E-state index in [9.17, 15) is 4.79 Å². The Morgan fingerprint density at radius 2 is 1.97 bits per heavy atom. The van der Waals surface area contributed by atoms with Crippen LogP contribution in [0.4, 0.5) is 5.69 Å². The van der Waals surface area contributed by atoms with E-state index in [1.54, 1.807) is 42.4 Å². The number of carbonyl (C=O) groups excluding carboxylic acids is 1. The molecule has 0 atom stereocenters. The largest absolute Gasteiger partial charge is 0.491 e. The van der Waals surface area contributed by atoms with Gasteiger partial charge in [-0.15, -0.1) is 0 Å². The van der Waals surface area contributed by atoms with Crippen molar-refractivity contribution in [3.8, 4) is 22.9 Å². The lowest BCUT2D eigenvalue weighted by Crippen LogP contribution is -2.22. The van der Waals surface area contributed by atoms with Crippen LogP contribution in [0.5, 0.6) is 11.6 Å². The minimum atomic E-state index is -0.0843. The molecule has 29 heavy (non-hydrogen) atoms. The number of ether oxygens (including phenoxy) is 3. The molecule has 0 saturated heterocycles. The van der Waals surface area contributed by atoms with Gasteiger partial charge in [0.2, 0.25) is 0 Å². The second-order valence-electron chi connectivity index (χ2n) is 6.63. The van der Waals surface area contributed by atoms with Crippen LogP contribution in [0.25, 0.3) is 11.3 Å². The first-order valence-electron chi connectivity index (χ1n) is 8.98. The Morgan fingerprint density at radius 3 is 2.69 bits per heavy atom. The Kier molecular flexibility index (Phi) is 4.89. The summed E-state index contributed by atoms with van der Waals surface area (Å²) in [4.78, 5) is 23.7. The van der Waals surface area contributed by atoms with Crippen LogP contribution in [0.3, 0.4) is 0 Å². The highest BCUT2D eigenvalue weighted by Gasteiger charge is 2.32. The zero-order chi connectivity index (χ0) is 20.5. The molecule has 0 aromatic carbocycles. The van der Waals surface area contributed by atoms with Crippen molar-refractivity contribution in [2.75, 3.05) is 26.2 Å². The van der Waals surface area contributed by atoms with Gasteiger partial charge in [-0.2, -0.15) is 5.10 Å². The van der Waals surface area contributed by atoms with Crippen molar-refractivity contribution in [3.63, 3.8) is 0 Å². The number of fused-ring (bicyclic) bond motifs is 1. The Morgan fingerprint density at radius 1 is 1.14 bits per heavy atom. The fourth-order valence-electron chi connectivity index (χ4n) is 3.42. The summed E-state index contributed by atoms with van der Waals surface area (Å²) in [6.07, 6.45) is 5.11. The second kappa shape index (κ2) is 7.51. The van der Waals surface area contributed by atoms with Crippen LogP contribution in [0, 0.1) is 6.92 Å². The van der Waals surface area contributed by atoms with Gasteiger partial charge < -0.3 is 14.2 Å². The highest BCUT2D eigenvalue weighted by molar-refractivity contribution is 6.10. The van der Waals surface area contributed by atoms with Gasteiger partial charge >= 0.3 is 0 Å². The molecule has 0 N–H and O–H groups in total. The number of rotatable bonds is 6. The van der Waals surface area contributed by atoms with Crippen molar-refractivity contribution in [2.45, 2.75) is 20.2 Å². The van der Waals surface area contributed by atoms with Crippen LogP contribution < -0.4 is 14.4 Å². The number of hydrogen-bond acceptors (Lipinski definition) is 7. The number of aromatic nitrogens is 4. The van der Waals surface area contributed by atoms with Crippen LogP contribution in [0.1, 0.15) is 21.6 Å². The van der Waals surface area contributed by atoms with Gasteiger partial charge in [-0.1, -0.05) is 0 Å². The van der Waals surface area contributed by atoms with Gasteiger partial charge in [-0.05, 0) is 24.6 Å². The summed E-state index contributed by atoms with van der Waals surface area (Å²) in [5.74, 6) is 0.843. The Hall–Kier alpha value is -3.46. The van der Waals surface area contributed by atoms with Gasteiger partial charge in [0.1, 0.15) is 6.73 Å². The van der Waals surface area contributed by atoms with E-state index in [2.05, 4.69) is 10.1 Å². The summed E-state index contributed by atoms with van der Waals surface area (Å²) in [6.45, 7) is 2.61. The standard InChI is InChI=1S/C20H21N5O4/c1-12-5-15(13-6-17(28-3)19(29-4)21-7-13)23-16-10-25(20(26)18(12)16)14-8-22-24(9-14)11-27-2/h5-9H,10-11H2,1-4H3. The van der Waals surface area contributed by atoms with Gasteiger partial charge in [-0.25, -0.2) is 9.67 Å². The third-order valence-corrected chi connectivity index (χ3v) is 4.78. The molecule has 1 aliphatic heterocycles. The lowest BCUT2D eigenvalue weighted by Gasteiger charge is -2.12. The van der Waals surface area contributed by atoms with E-state index < -0.39 is 0 Å². The van der Waals surface area contributed by atoms with Gasteiger partial charge in [0.25, 0.3) is 11.8 Å². The maximum Gasteiger partial charge on any atom is 0.260 e. The maximum absolute atomic E-state index is 13.0. The third kappa shape index (κ3) is 3.29. The van der Waals surface area contributed by atoms with E-state index in [1.165, 1.54) is 7.11 Å². The Labute approximate surface area is 167 Å². The molecular formula is C20H21N5O4. The van der Waals surface area contributed by atoms with Crippen molar-refractivity contribution in [3.05, 3.63) is 47.5 Å². The smallest absolute Gasteiger partial charge is 0.260 e. The quantitative estimate of drug-likeness (QED) is 0.633. The molecule has 9 nitrogen and oxygen atoms in total. The lowest BCUT2D eigenvalue weighted by molar-refractivity contribution is 0.0995. The SMILES string of the molecule is COCn1cc(N2Cc3nc(-c4cnc(OC)c(OC)c4)cc(C)c3C2=O)cn1. The van der Waals surface area contributed by atoms with Crippen molar-refractivity contribution < 1.29 is 19.0 Å². The van der Waals surface area contributed by atoms with Crippen molar-refractivity contribution in [1.82, 2.24) is 19.7 Å². The fourth-order valence-corrected chi connectivity index (χ4v) is 3.42. The van der Waals surface area contributed by atoms with Gasteiger partial charge in [0, 0.05) is 18.9 Å². The van der Waals surface area contributed by atoms with Crippen molar-refractivity contribution >= 4 is 11.6 Å². The summed E-state index contributed by atoms with van der Waals surface area (Å²) in [7, 11) is 4.69. The first-order valence-corrected chi connectivity index (χ1v) is 8.98. The summed E-state index contributed by atoms with van der Waals surface area (Å²) in [5.41, 5.74) is 4.42. The molecule has 0 bridgehead atoms. The second-order valence-corrected chi connectivity index (χ2v) is 6.63. The van der Waals surface area contributed by atoms with Crippen LogP contribution >= 0.6 is 0 Å². The number of amides is 1. The topological polar surface area (TPSA) is 91.6 Å². The summed E-state index contributed by atoms with van der Waals surface area (Å²) in [6, 6.07) is 3.71.